The Morgan fingerprint density at radius 1 is 1.38 bits per heavy atom. The Kier molecular flexibility index (Phi) is 1.24. The highest BCUT2D eigenvalue weighted by atomic mass is 15.3. The molecule has 0 aliphatic carbocycles. The number of nitrogens with zero attached hydrogens (tertiary/aromatic N) is 4. The van der Waals surface area contributed by atoms with E-state index in [0.717, 1.165) is 30.4 Å². The fourth-order valence-corrected chi connectivity index (χ4v) is 1.61. The Morgan fingerprint density at radius 2 is 2.38 bits per heavy atom. The summed E-state index contributed by atoms with van der Waals surface area (Å²) in [6.07, 6.45) is 3.59. The number of fused-ring (bicyclic) bond motifs is 3. The SMILES string of the molecule is C1=Nc2cccnc2N2CCN=C12. The van der Waals surface area contributed by atoms with Crippen molar-refractivity contribution < 1.29 is 0 Å². The Bertz CT molecular complexity index is 408. The standard InChI is InChI=1S/C9H8N4/c1-2-7-9(11-3-1)13-5-4-10-8(13)6-12-7/h1-3,6H,4-5H2. The van der Waals surface area contributed by atoms with Crippen molar-refractivity contribution in [2.24, 2.45) is 9.98 Å². The minimum absolute atomic E-state index is 0.845. The van der Waals surface area contributed by atoms with Crippen LogP contribution in [0, 0.1) is 0 Å². The third kappa shape index (κ3) is 0.884. The van der Waals surface area contributed by atoms with Crippen molar-refractivity contribution in [2.45, 2.75) is 0 Å². The highest BCUT2D eigenvalue weighted by molar-refractivity contribution is 6.38. The van der Waals surface area contributed by atoms with Gasteiger partial charge in [-0.2, -0.15) is 0 Å². The van der Waals surface area contributed by atoms with Crippen molar-refractivity contribution in [3.05, 3.63) is 18.3 Å². The molecule has 4 nitrogen and oxygen atoms in total. The van der Waals surface area contributed by atoms with Gasteiger partial charge >= 0.3 is 0 Å². The molecular weight excluding hydrogens is 164 g/mol. The molecule has 13 heavy (non-hydrogen) atoms. The van der Waals surface area contributed by atoms with E-state index in [1.54, 1.807) is 12.4 Å². The van der Waals surface area contributed by atoms with Crippen molar-refractivity contribution >= 4 is 23.6 Å². The van der Waals surface area contributed by atoms with E-state index in [-0.39, 0.29) is 0 Å². The summed E-state index contributed by atoms with van der Waals surface area (Å²) in [7, 11) is 0. The first-order valence-electron chi connectivity index (χ1n) is 4.26. The average molecular weight is 172 g/mol. The monoisotopic (exact) mass is 172 g/mol. The van der Waals surface area contributed by atoms with Crippen LogP contribution in [0.2, 0.25) is 0 Å². The van der Waals surface area contributed by atoms with Crippen LogP contribution in [0.3, 0.4) is 0 Å². The van der Waals surface area contributed by atoms with Crippen molar-refractivity contribution in [3.63, 3.8) is 0 Å². The van der Waals surface area contributed by atoms with Gasteiger partial charge in [0, 0.05) is 12.7 Å². The summed E-state index contributed by atoms with van der Waals surface area (Å²) in [5.74, 6) is 1.87. The van der Waals surface area contributed by atoms with Gasteiger partial charge in [-0.1, -0.05) is 0 Å². The number of amidine groups is 1. The van der Waals surface area contributed by atoms with E-state index in [4.69, 9.17) is 0 Å². The van der Waals surface area contributed by atoms with Crippen LogP contribution in [0.15, 0.2) is 28.3 Å². The average Bonchev–Trinajstić information content (AvgIpc) is 2.65. The first-order chi connectivity index (χ1) is 6.45. The van der Waals surface area contributed by atoms with Crippen LogP contribution in [-0.2, 0) is 0 Å². The van der Waals surface area contributed by atoms with Gasteiger partial charge in [-0.3, -0.25) is 4.99 Å². The van der Waals surface area contributed by atoms with Crippen molar-refractivity contribution in [1.82, 2.24) is 4.98 Å². The van der Waals surface area contributed by atoms with E-state index in [2.05, 4.69) is 19.9 Å². The number of anilines is 1. The fourth-order valence-electron chi connectivity index (χ4n) is 1.61. The van der Waals surface area contributed by atoms with Gasteiger partial charge in [0.05, 0.1) is 12.8 Å². The minimum atomic E-state index is 0.845. The van der Waals surface area contributed by atoms with E-state index in [1.807, 2.05) is 12.1 Å². The third-order valence-corrected chi connectivity index (χ3v) is 2.21. The molecular formula is C9H8N4. The number of hydrogen-bond donors (Lipinski definition) is 0. The van der Waals surface area contributed by atoms with Crippen LogP contribution in [0.5, 0.6) is 0 Å². The molecule has 0 bridgehead atoms. The van der Waals surface area contributed by atoms with Crippen molar-refractivity contribution in [2.75, 3.05) is 18.0 Å². The molecule has 0 saturated carbocycles. The molecule has 0 N–H and O–H groups in total. The molecule has 0 saturated heterocycles. The van der Waals surface area contributed by atoms with Crippen LogP contribution in [-0.4, -0.2) is 30.1 Å². The molecule has 2 aliphatic rings. The smallest absolute Gasteiger partial charge is 0.160 e. The van der Waals surface area contributed by atoms with Crippen LogP contribution < -0.4 is 4.90 Å². The lowest BCUT2D eigenvalue weighted by molar-refractivity contribution is 0.998. The molecule has 3 heterocycles. The Balaban J connectivity index is 2.20. The van der Waals surface area contributed by atoms with E-state index in [1.165, 1.54) is 0 Å². The summed E-state index contributed by atoms with van der Waals surface area (Å²) in [4.78, 5) is 15.0. The summed E-state index contributed by atoms with van der Waals surface area (Å²) in [6, 6.07) is 3.86. The molecule has 4 heteroatoms. The van der Waals surface area contributed by atoms with Gasteiger partial charge in [-0.25, -0.2) is 9.98 Å². The highest BCUT2D eigenvalue weighted by Crippen LogP contribution is 2.29. The van der Waals surface area contributed by atoms with Gasteiger partial charge in [0.2, 0.25) is 0 Å². The molecule has 3 rings (SSSR count). The zero-order valence-corrected chi connectivity index (χ0v) is 7.01. The number of aromatic nitrogens is 1. The van der Waals surface area contributed by atoms with Crippen LogP contribution in [0.1, 0.15) is 0 Å². The second kappa shape index (κ2) is 2.39. The molecule has 0 spiro atoms. The lowest BCUT2D eigenvalue weighted by Crippen LogP contribution is -2.31. The predicted molar refractivity (Wildman–Crippen MR) is 52.0 cm³/mol. The molecule has 0 amide bonds. The van der Waals surface area contributed by atoms with Crippen LogP contribution in [0.4, 0.5) is 11.5 Å². The Hall–Kier alpha value is -1.71. The predicted octanol–water partition coefficient (Wildman–Crippen LogP) is 1.02. The maximum absolute atomic E-state index is 4.31. The summed E-state index contributed by atoms with van der Waals surface area (Å²) in [6.45, 7) is 1.77. The summed E-state index contributed by atoms with van der Waals surface area (Å²) in [5.41, 5.74) is 0.934. The molecule has 0 fully saturated rings. The maximum atomic E-state index is 4.31. The van der Waals surface area contributed by atoms with E-state index in [0.29, 0.717) is 0 Å². The highest BCUT2D eigenvalue weighted by Gasteiger charge is 2.23. The van der Waals surface area contributed by atoms with E-state index in [9.17, 15) is 0 Å². The van der Waals surface area contributed by atoms with E-state index < -0.39 is 0 Å². The summed E-state index contributed by atoms with van der Waals surface area (Å²) < 4.78 is 0. The minimum Gasteiger partial charge on any atom is -0.306 e. The van der Waals surface area contributed by atoms with E-state index >= 15 is 0 Å². The maximum Gasteiger partial charge on any atom is 0.160 e. The van der Waals surface area contributed by atoms with Crippen molar-refractivity contribution in [1.29, 1.82) is 0 Å². The molecule has 0 atom stereocenters. The number of aliphatic imine (C=N–C) groups is 2. The fraction of sp³-hybridized carbons (Fsp3) is 0.222. The summed E-state index contributed by atoms with van der Waals surface area (Å²) >= 11 is 0. The van der Waals surface area contributed by atoms with Crippen LogP contribution >= 0.6 is 0 Å². The van der Waals surface area contributed by atoms with Gasteiger partial charge in [0.1, 0.15) is 11.5 Å². The first kappa shape index (κ1) is 6.77. The quantitative estimate of drug-likeness (QED) is 0.586. The van der Waals surface area contributed by atoms with Gasteiger partial charge in [0.25, 0.3) is 0 Å². The lowest BCUT2D eigenvalue weighted by atomic mass is 10.3. The van der Waals surface area contributed by atoms with Crippen molar-refractivity contribution in [3.8, 4) is 0 Å². The Labute approximate surface area is 75.6 Å². The number of hydrogen-bond acceptors (Lipinski definition) is 4. The molecule has 64 valence electrons. The lowest BCUT2D eigenvalue weighted by Gasteiger charge is -2.21. The van der Waals surface area contributed by atoms with Gasteiger partial charge in [-0.05, 0) is 12.1 Å². The third-order valence-electron chi connectivity index (χ3n) is 2.21. The largest absolute Gasteiger partial charge is 0.306 e. The molecule has 1 aromatic rings. The van der Waals surface area contributed by atoms with Gasteiger partial charge in [-0.15, -0.1) is 0 Å². The molecule has 2 aliphatic heterocycles. The normalized spacial score (nSPS) is 18.2. The zero-order valence-electron chi connectivity index (χ0n) is 7.01. The van der Waals surface area contributed by atoms with Gasteiger partial charge in [0.15, 0.2) is 5.82 Å². The molecule has 0 radical (unpaired) electrons. The number of rotatable bonds is 0. The molecule has 0 aromatic carbocycles. The second-order valence-corrected chi connectivity index (χ2v) is 3.00. The number of pyridine rings is 1. The van der Waals surface area contributed by atoms with Crippen LogP contribution in [0.25, 0.3) is 0 Å². The topological polar surface area (TPSA) is 40.9 Å². The van der Waals surface area contributed by atoms with Gasteiger partial charge < -0.3 is 4.90 Å². The Morgan fingerprint density at radius 3 is 3.38 bits per heavy atom. The molecule has 0 unspecified atom stereocenters. The zero-order chi connectivity index (χ0) is 8.67. The molecule has 1 aromatic heterocycles. The summed E-state index contributed by atoms with van der Waals surface area (Å²) in [5, 5.41) is 0. The second-order valence-electron chi connectivity index (χ2n) is 3.00. The first-order valence-corrected chi connectivity index (χ1v) is 4.26.